The van der Waals surface area contributed by atoms with Crippen LogP contribution in [0.1, 0.15) is 32.3 Å². The number of carbonyl (C=O) groups is 1. The minimum absolute atomic E-state index is 0.133. The fourth-order valence-electron chi connectivity index (χ4n) is 1.58. The summed E-state index contributed by atoms with van der Waals surface area (Å²) in [5.74, 6) is -0.403. The second kappa shape index (κ2) is 6.15. The molecule has 0 atom stereocenters. The summed E-state index contributed by atoms with van der Waals surface area (Å²) >= 11 is 0. The van der Waals surface area contributed by atoms with Crippen molar-refractivity contribution in [2.45, 2.75) is 32.1 Å². The summed E-state index contributed by atoms with van der Waals surface area (Å²) in [5, 5.41) is 11.2. The number of carbonyl (C=O) groups excluding carboxylic acids is 1. The predicted molar refractivity (Wildman–Crippen MR) is 67.3 cm³/mol. The molecule has 0 aromatic heterocycles. The van der Waals surface area contributed by atoms with E-state index < -0.39 is 0 Å². The normalized spacial score (nSPS) is 10.8. The van der Waals surface area contributed by atoms with Gasteiger partial charge in [0.1, 0.15) is 5.82 Å². The molecule has 0 saturated carbocycles. The van der Waals surface area contributed by atoms with Gasteiger partial charge in [-0.25, -0.2) is 4.39 Å². The van der Waals surface area contributed by atoms with Crippen LogP contribution in [-0.2, 0) is 10.2 Å². The number of nitriles is 1. The van der Waals surface area contributed by atoms with Crippen LogP contribution >= 0.6 is 0 Å². The molecule has 0 fully saturated rings. The van der Waals surface area contributed by atoms with Crippen molar-refractivity contribution in [1.29, 1.82) is 5.26 Å². The molecule has 1 aromatic carbocycles. The van der Waals surface area contributed by atoms with Crippen LogP contribution in [0.15, 0.2) is 24.3 Å². The zero-order valence-corrected chi connectivity index (χ0v) is 10.7. The lowest BCUT2D eigenvalue weighted by molar-refractivity contribution is -0.121. The Kier molecular flexibility index (Phi) is 4.85. The average Bonchev–Trinajstić information content (AvgIpc) is 2.34. The molecular formula is C14H17FN2O. The van der Waals surface area contributed by atoms with Gasteiger partial charge in [0.05, 0.1) is 6.07 Å². The SMILES string of the molecule is CC(C)(CNC(=O)CCC#N)c1ccc(F)cc1. The van der Waals surface area contributed by atoms with Crippen LogP contribution in [0.5, 0.6) is 0 Å². The Morgan fingerprint density at radius 3 is 2.56 bits per heavy atom. The van der Waals surface area contributed by atoms with Gasteiger partial charge < -0.3 is 5.32 Å². The maximum Gasteiger partial charge on any atom is 0.221 e. The number of nitrogens with one attached hydrogen (secondary N) is 1. The van der Waals surface area contributed by atoms with E-state index in [9.17, 15) is 9.18 Å². The van der Waals surface area contributed by atoms with Gasteiger partial charge in [0.2, 0.25) is 5.91 Å². The van der Waals surface area contributed by atoms with Crippen LogP contribution in [-0.4, -0.2) is 12.5 Å². The molecule has 1 N–H and O–H groups in total. The Morgan fingerprint density at radius 1 is 1.39 bits per heavy atom. The van der Waals surface area contributed by atoms with Crippen molar-refractivity contribution < 1.29 is 9.18 Å². The van der Waals surface area contributed by atoms with Gasteiger partial charge in [-0.3, -0.25) is 4.79 Å². The molecule has 0 saturated heterocycles. The van der Waals surface area contributed by atoms with Crippen LogP contribution in [0.2, 0.25) is 0 Å². The molecule has 3 nitrogen and oxygen atoms in total. The number of hydrogen-bond acceptors (Lipinski definition) is 2. The van der Waals surface area contributed by atoms with Gasteiger partial charge in [-0.05, 0) is 17.7 Å². The van der Waals surface area contributed by atoms with Crippen LogP contribution in [0, 0.1) is 17.1 Å². The molecule has 4 heteroatoms. The molecule has 0 aliphatic rings. The maximum absolute atomic E-state index is 12.8. The minimum Gasteiger partial charge on any atom is -0.355 e. The fraction of sp³-hybridized carbons (Fsp3) is 0.429. The number of amides is 1. The molecule has 0 unspecified atom stereocenters. The predicted octanol–water partition coefficient (Wildman–Crippen LogP) is 2.52. The zero-order chi connectivity index (χ0) is 13.6. The number of halogens is 1. The van der Waals surface area contributed by atoms with Crippen LogP contribution in [0.3, 0.4) is 0 Å². The molecule has 0 aliphatic carbocycles. The molecule has 0 heterocycles. The summed E-state index contributed by atoms with van der Waals surface area (Å²) in [4.78, 5) is 11.4. The summed E-state index contributed by atoms with van der Waals surface area (Å²) in [7, 11) is 0. The van der Waals surface area contributed by atoms with Gasteiger partial charge >= 0.3 is 0 Å². The average molecular weight is 248 g/mol. The van der Waals surface area contributed by atoms with Gasteiger partial charge in [-0.15, -0.1) is 0 Å². The Morgan fingerprint density at radius 2 is 2.00 bits per heavy atom. The topological polar surface area (TPSA) is 52.9 Å². The van der Waals surface area contributed by atoms with Crippen LogP contribution < -0.4 is 5.32 Å². The standard InChI is InChI=1S/C14H17FN2O/c1-14(2,10-17-13(18)4-3-9-16)11-5-7-12(15)8-6-11/h5-8H,3-4,10H2,1-2H3,(H,17,18). The van der Waals surface area contributed by atoms with E-state index in [-0.39, 0.29) is 30.0 Å². The molecule has 1 aromatic rings. The Bertz CT molecular complexity index is 446. The third-order valence-corrected chi connectivity index (χ3v) is 2.82. The van der Waals surface area contributed by atoms with Crippen molar-refractivity contribution >= 4 is 5.91 Å². The lowest BCUT2D eigenvalue weighted by atomic mass is 9.84. The van der Waals surface area contributed by atoms with E-state index >= 15 is 0 Å². The van der Waals surface area contributed by atoms with E-state index in [1.54, 1.807) is 12.1 Å². The van der Waals surface area contributed by atoms with E-state index in [1.165, 1.54) is 12.1 Å². The summed E-state index contributed by atoms with van der Waals surface area (Å²) < 4.78 is 12.8. The third-order valence-electron chi connectivity index (χ3n) is 2.82. The first-order valence-corrected chi connectivity index (χ1v) is 5.85. The maximum atomic E-state index is 12.8. The molecule has 0 bridgehead atoms. The Hall–Kier alpha value is -1.89. The van der Waals surface area contributed by atoms with Gasteiger partial charge in [-0.1, -0.05) is 26.0 Å². The lowest BCUT2D eigenvalue weighted by Gasteiger charge is -2.25. The minimum atomic E-state index is -0.271. The second-order valence-corrected chi connectivity index (χ2v) is 4.83. The van der Waals surface area contributed by atoms with Crippen LogP contribution in [0.4, 0.5) is 4.39 Å². The van der Waals surface area contributed by atoms with E-state index in [0.29, 0.717) is 6.54 Å². The highest BCUT2D eigenvalue weighted by Gasteiger charge is 2.21. The molecule has 1 rings (SSSR count). The number of nitrogens with zero attached hydrogens (tertiary/aromatic N) is 1. The number of rotatable bonds is 5. The second-order valence-electron chi connectivity index (χ2n) is 4.83. The van der Waals surface area contributed by atoms with Crippen molar-refractivity contribution in [3.05, 3.63) is 35.6 Å². The summed E-state index contributed by atoms with van der Waals surface area (Å²) in [6.45, 7) is 4.42. The molecular weight excluding hydrogens is 231 g/mol. The largest absolute Gasteiger partial charge is 0.355 e. The molecule has 0 radical (unpaired) electrons. The highest BCUT2D eigenvalue weighted by atomic mass is 19.1. The Balaban J connectivity index is 2.57. The van der Waals surface area contributed by atoms with Crippen LogP contribution in [0.25, 0.3) is 0 Å². The summed E-state index contributed by atoms with van der Waals surface area (Å²) in [5.41, 5.74) is 0.695. The lowest BCUT2D eigenvalue weighted by Crippen LogP contribution is -2.36. The van der Waals surface area contributed by atoms with Crippen molar-refractivity contribution in [2.75, 3.05) is 6.54 Å². The Labute approximate surface area is 107 Å². The highest BCUT2D eigenvalue weighted by molar-refractivity contribution is 5.76. The molecule has 18 heavy (non-hydrogen) atoms. The van der Waals surface area contributed by atoms with E-state index in [0.717, 1.165) is 5.56 Å². The first-order valence-electron chi connectivity index (χ1n) is 5.85. The van der Waals surface area contributed by atoms with Crippen molar-refractivity contribution in [3.8, 4) is 6.07 Å². The summed E-state index contributed by atoms with van der Waals surface area (Å²) in [6, 6.07) is 8.19. The zero-order valence-electron chi connectivity index (χ0n) is 10.7. The van der Waals surface area contributed by atoms with Gasteiger partial charge in [0, 0.05) is 24.8 Å². The molecule has 1 amide bonds. The smallest absolute Gasteiger partial charge is 0.221 e. The van der Waals surface area contributed by atoms with Crippen molar-refractivity contribution in [2.24, 2.45) is 0 Å². The van der Waals surface area contributed by atoms with Gasteiger partial charge in [0.15, 0.2) is 0 Å². The van der Waals surface area contributed by atoms with E-state index in [2.05, 4.69) is 5.32 Å². The molecule has 0 aliphatic heterocycles. The van der Waals surface area contributed by atoms with Gasteiger partial charge in [0.25, 0.3) is 0 Å². The number of benzene rings is 1. The molecule has 0 spiro atoms. The monoisotopic (exact) mass is 248 g/mol. The van der Waals surface area contributed by atoms with Crippen molar-refractivity contribution in [1.82, 2.24) is 5.32 Å². The van der Waals surface area contributed by atoms with Gasteiger partial charge in [-0.2, -0.15) is 5.26 Å². The molecule has 96 valence electrons. The van der Waals surface area contributed by atoms with E-state index in [1.807, 2.05) is 19.9 Å². The fourth-order valence-corrected chi connectivity index (χ4v) is 1.58. The first kappa shape index (κ1) is 14.2. The summed E-state index contributed by atoms with van der Waals surface area (Å²) in [6.07, 6.45) is 0.443. The van der Waals surface area contributed by atoms with Crippen molar-refractivity contribution in [3.63, 3.8) is 0 Å². The third kappa shape index (κ3) is 4.17. The van der Waals surface area contributed by atoms with E-state index in [4.69, 9.17) is 5.26 Å². The first-order chi connectivity index (χ1) is 8.45. The number of hydrogen-bond donors (Lipinski definition) is 1. The quantitative estimate of drug-likeness (QED) is 0.870. The highest BCUT2D eigenvalue weighted by Crippen LogP contribution is 2.22.